The van der Waals surface area contributed by atoms with Gasteiger partial charge in [0.15, 0.2) is 0 Å². The fourth-order valence-electron chi connectivity index (χ4n) is 5.30. The molecule has 4 heterocycles. The zero-order valence-corrected chi connectivity index (χ0v) is 21.8. The average Bonchev–Trinajstić information content (AvgIpc) is 3.47. The quantitative estimate of drug-likeness (QED) is 0.628. The maximum absolute atomic E-state index is 13.1. The van der Waals surface area contributed by atoms with Crippen molar-refractivity contribution in [3.05, 3.63) is 35.4 Å². The molecule has 9 nitrogen and oxygen atoms in total. The Kier molecular flexibility index (Phi) is 8.91. The zero-order valence-electron chi connectivity index (χ0n) is 21.8. The number of carbonyl (C=O) groups excluding carboxylic acids is 1. The molecular formula is C26H35F3N6O3. The Morgan fingerprint density at radius 3 is 2.39 bits per heavy atom. The molecule has 0 atom stereocenters. The van der Waals surface area contributed by atoms with Gasteiger partial charge in [0.1, 0.15) is 17.7 Å². The smallest absolute Gasteiger partial charge is 0.421 e. The van der Waals surface area contributed by atoms with Crippen LogP contribution in [-0.2, 0) is 28.7 Å². The average molecular weight is 537 g/mol. The summed E-state index contributed by atoms with van der Waals surface area (Å²) in [5, 5.41) is 0. The van der Waals surface area contributed by atoms with Gasteiger partial charge in [-0.1, -0.05) is 0 Å². The monoisotopic (exact) mass is 536 g/mol. The van der Waals surface area contributed by atoms with E-state index in [1.807, 2.05) is 0 Å². The van der Waals surface area contributed by atoms with Gasteiger partial charge in [0, 0.05) is 51.2 Å². The molecule has 0 unspecified atom stereocenters. The number of amides is 1. The molecule has 2 aliphatic heterocycles. The number of hydrogen-bond donors (Lipinski definition) is 1. The number of alkyl halides is 3. The zero-order chi connectivity index (χ0) is 27.3. The number of ether oxygens (including phenoxy) is 2. The van der Waals surface area contributed by atoms with E-state index in [1.54, 1.807) is 12.0 Å². The first-order chi connectivity index (χ1) is 18.2. The first-order valence-corrected chi connectivity index (χ1v) is 13.0. The number of likely N-dealkylation sites (tertiary alicyclic amines) is 1. The maximum atomic E-state index is 13.1. The predicted molar refractivity (Wildman–Crippen MR) is 136 cm³/mol. The van der Waals surface area contributed by atoms with Crippen molar-refractivity contribution in [2.75, 3.05) is 44.5 Å². The summed E-state index contributed by atoms with van der Waals surface area (Å²) in [5.74, 6) is 0.593. The summed E-state index contributed by atoms with van der Waals surface area (Å²) in [6, 6.07) is 1.04. The van der Waals surface area contributed by atoms with Crippen LogP contribution in [0, 0.1) is 5.92 Å². The van der Waals surface area contributed by atoms with Crippen LogP contribution in [0.2, 0.25) is 0 Å². The minimum atomic E-state index is -4.54. The number of fused-ring (bicyclic) bond motifs is 1. The molecule has 0 aromatic carbocycles. The van der Waals surface area contributed by atoms with Crippen molar-refractivity contribution in [1.29, 1.82) is 0 Å². The van der Waals surface area contributed by atoms with E-state index in [0.717, 1.165) is 63.2 Å². The molecule has 38 heavy (non-hydrogen) atoms. The van der Waals surface area contributed by atoms with Crippen molar-refractivity contribution in [3.63, 3.8) is 0 Å². The molecular weight excluding hydrogens is 501 g/mol. The second-order valence-electron chi connectivity index (χ2n) is 9.85. The van der Waals surface area contributed by atoms with E-state index >= 15 is 0 Å². The van der Waals surface area contributed by atoms with Crippen molar-refractivity contribution >= 4 is 17.4 Å². The molecule has 208 valence electrons. The summed E-state index contributed by atoms with van der Waals surface area (Å²) >= 11 is 0. The molecule has 2 fully saturated rings. The number of aromatic nitrogens is 3. The topological polar surface area (TPSA) is 107 Å². The van der Waals surface area contributed by atoms with E-state index in [1.165, 1.54) is 25.4 Å². The molecule has 0 bridgehead atoms. The van der Waals surface area contributed by atoms with Crippen LogP contribution >= 0.6 is 0 Å². The number of nitrogen functional groups attached to an aromatic ring is 1. The molecule has 1 saturated carbocycles. The van der Waals surface area contributed by atoms with Gasteiger partial charge in [-0.2, -0.15) is 13.2 Å². The predicted octanol–water partition coefficient (Wildman–Crippen LogP) is 3.86. The highest BCUT2D eigenvalue weighted by atomic mass is 19.4. The summed E-state index contributed by atoms with van der Waals surface area (Å²) in [4.78, 5) is 27.8. The summed E-state index contributed by atoms with van der Waals surface area (Å²) in [6.07, 6.45) is 5.73. The molecule has 2 aromatic heterocycles. The van der Waals surface area contributed by atoms with Crippen LogP contribution in [0.5, 0.6) is 5.88 Å². The van der Waals surface area contributed by atoms with Crippen molar-refractivity contribution in [2.45, 2.75) is 63.8 Å². The Bertz CT molecular complexity index is 1100. The number of carbonyl (C=O) groups is 1. The SMILES string of the molecule is COC1CCC(C(=O)N2CCCC2)CC1.COc1ncc(N2CCc3ncnc(N)c3C2)cc1C(F)(F)F. The van der Waals surface area contributed by atoms with Crippen LogP contribution < -0.4 is 15.4 Å². The first-order valence-electron chi connectivity index (χ1n) is 13.0. The van der Waals surface area contributed by atoms with Crippen LogP contribution in [0.1, 0.15) is 55.3 Å². The van der Waals surface area contributed by atoms with Crippen LogP contribution in [0.4, 0.5) is 24.7 Å². The van der Waals surface area contributed by atoms with E-state index in [4.69, 9.17) is 15.2 Å². The minimum absolute atomic E-state index is 0.287. The second kappa shape index (κ2) is 12.1. The van der Waals surface area contributed by atoms with E-state index in [0.29, 0.717) is 43.0 Å². The lowest BCUT2D eigenvalue weighted by Gasteiger charge is -2.30. The highest BCUT2D eigenvalue weighted by molar-refractivity contribution is 5.79. The number of pyridine rings is 1. The largest absolute Gasteiger partial charge is 0.481 e. The summed E-state index contributed by atoms with van der Waals surface area (Å²) in [6.45, 7) is 2.84. The summed E-state index contributed by atoms with van der Waals surface area (Å²) in [7, 11) is 2.93. The molecule has 1 amide bonds. The standard InChI is InChI=1S/C14H14F3N5O.C12H21NO2/c1-23-13-10(14(15,16)17)4-8(5-19-13)22-3-2-11-9(6-22)12(18)21-7-20-11;1-15-11-6-4-10(5-7-11)12(14)13-8-2-3-9-13/h4-5,7H,2-3,6H2,1H3,(H2,18,20,21);10-11H,2-9H2,1H3. The number of anilines is 2. The van der Waals surface area contributed by atoms with Gasteiger partial charge in [-0.05, 0) is 44.6 Å². The number of halogens is 3. The van der Waals surface area contributed by atoms with Gasteiger partial charge in [-0.15, -0.1) is 0 Å². The molecule has 2 N–H and O–H groups in total. The van der Waals surface area contributed by atoms with Crippen molar-refractivity contribution in [3.8, 4) is 5.88 Å². The molecule has 5 rings (SSSR count). The molecule has 3 aliphatic rings. The third kappa shape index (κ3) is 6.46. The van der Waals surface area contributed by atoms with Gasteiger partial charge >= 0.3 is 6.18 Å². The van der Waals surface area contributed by atoms with Gasteiger partial charge < -0.3 is 25.0 Å². The van der Waals surface area contributed by atoms with Gasteiger partial charge in [0.2, 0.25) is 11.8 Å². The molecule has 1 aliphatic carbocycles. The summed E-state index contributed by atoms with van der Waals surface area (Å²) < 4.78 is 49.3. The lowest BCUT2D eigenvalue weighted by atomic mass is 9.86. The molecule has 0 spiro atoms. The lowest BCUT2D eigenvalue weighted by molar-refractivity contribution is -0.139. The van der Waals surface area contributed by atoms with Crippen LogP contribution in [0.25, 0.3) is 0 Å². The third-order valence-electron chi connectivity index (χ3n) is 7.51. The molecule has 2 aromatic rings. The Labute approximate surface area is 220 Å². The first kappa shape index (κ1) is 27.9. The Morgan fingerprint density at radius 2 is 1.76 bits per heavy atom. The van der Waals surface area contributed by atoms with Crippen LogP contribution in [0.3, 0.4) is 0 Å². The van der Waals surface area contributed by atoms with Crippen molar-refractivity contribution < 1.29 is 27.4 Å². The minimum Gasteiger partial charge on any atom is -0.481 e. The van der Waals surface area contributed by atoms with Crippen LogP contribution in [0.15, 0.2) is 18.6 Å². The van der Waals surface area contributed by atoms with E-state index in [9.17, 15) is 18.0 Å². The molecule has 0 radical (unpaired) electrons. The lowest BCUT2D eigenvalue weighted by Crippen LogP contribution is -2.36. The van der Waals surface area contributed by atoms with Gasteiger partial charge in [0.25, 0.3) is 0 Å². The van der Waals surface area contributed by atoms with Crippen molar-refractivity contribution in [1.82, 2.24) is 19.9 Å². The van der Waals surface area contributed by atoms with Crippen molar-refractivity contribution in [2.24, 2.45) is 5.92 Å². The van der Waals surface area contributed by atoms with Gasteiger partial charge in [-0.3, -0.25) is 4.79 Å². The van der Waals surface area contributed by atoms with Gasteiger partial charge in [0.05, 0.1) is 30.8 Å². The fourth-order valence-corrected chi connectivity index (χ4v) is 5.30. The van der Waals surface area contributed by atoms with Crippen LogP contribution in [-0.4, -0.2) is 65.7 Å². The Hall–Kier alpha value is -3.15. The number of methoxy groups -OCH3 is 2. The number of nitrogens with zero attached hydrogens (tertiary/aromatic N) is 5. The fraction of sp³-hybridized carbons (Fsp3) is 0.615. The van der Waals surface area contributed by atoms with E-state index in [-0.39, 0.29) is 5.92 Å². The maximum Gasteiger partial charge on any atom is 0.421 e. The normalized spacial score (nSPS) is 21.4. The number of hydrogen-bond acceptors (Lipinski definition) is 8. The highest BCUT2D eigenvalue weighted by Gasteiger charge is 2.36. The van der Waals surface area contributed by atoms with Gasteiger partial charge in [-0.25, -0.2) is 15.0 Å². The number of nitrogens with two attached hydrogens (primary N) is 1. The van der Waals surface area contributed by atoms with E-state index in [2.05, 4.69) is 19.9 Å². The number of rotatable bonds is 4. The Morgan fingerprint density at radius 1 is 1.05 bits per heavy atom. The highest BCUT2D eigenvalue weighted by Crippen LogP contribution is 2.38. The Balaban J connectivity index is 0.000000194. The van der Waals surface area contributed by atoms with E-state index < -0.39 is 17.6 Å². The molecule has 1 saturated heterocycles. The molecule has 12 heteroatoms. The third-order valence-corrected chi connectivity index (χ3v) is 7.51. The summed E-state index contributed by atoms with van der Waals surface area (Å²) in [5.41, 5.74) is 6.85. The second-order valence-corrected chi connectivity index (χ2v) is 9.85.